The number of furan rings is 1. The molecule has 110 valence electrons. The fourth-order valence-corrected chi connectivity index (χ4v) is 2.84. The minimum Gasteiger partial charge on any atom is -0.442 e. The van der Waals surface area contributed by atoms with E-state index in [1.165, 1.54) is 0 Å². The van der Waals surface area contributed by atoms with Gasteiger partial charge in [-0.2, -0.15) is 0 Å². The van der Waals surface area contributed by atoms with Crippen molar-refractivity contribution in [1.82, 2.24) is 10.2 Å². The maximum Gasteiger partial charge on any atom is 0.255 e. The van der Waals surface area contributed by atoms with E-state index in [1.54, 1.807) is 6.34 Å². The molecule has 0 spiro atoms. The van der Waals surface area contributed by atoms with Crippen LogP contribution in [0.15, 0.2) is 14.4 Å². The Morgan fingerprint density at radius 3 is 3.05 bits per heavy atom. The van der Waals surface area contributed by atoms with Crippen molar-refractivity contribution in [2.75, 3.05) is 6.54 Å². The molecular formula is C15H18N4O2. The Morgan fingerprint density at radius 2 is 2.33 bits per heavy atom. The van der Waals surface area contributed by atoms with Gasteiger partial charge in [0, 0.05) is 12.6 Å². The number of aryl methyl sites for hydroxylation is 1. The monoisotopic (exact) mass is 286 g/mol. The number of hydrogen-bond donors (Lipinski definition) is 1. The predicted molar refractivity (Wildman–Crippen MR) is 79.4 cm³/mol. The van der Waals surface area contributed by atoms with E-state index in [-0.39, 0.29) is 11.9 Å². The lowest BCUT2D eigenvalue weighted by Crippen LogP contribution is -2.33. The van der Waals surface area contributed by atoms with Crippen LogP contribution in [0.5, 0.6) is 0 Å². The Balaban J connectivity index is 1.78. The van der Waals surface area contributed by atoms with Crippen LogP contribution < -0.4 is 5.32 Å². The zero-order valence-corrected chi connectivity index (χ0v) is 12.2. The molecule has 1 aromatic rings. The molecule has 0 radical (unpaired) electrons. The van der Waals surface area contributed by atoms with Crippen molar-refractivity contribution < 1.29 is 9.21 Å². The average molecular weight is 286 g/mol. The first-order valence-corrected chi connectivity index (χ1v) is 7.50. The van der Waals surface area contributed by atoms with Crippen LogP contribution in [-0.4, -0.2) is 41.6 Å². The van der Waals surface area contributed by atoms with Crippen LogP contribution in [0.25, 0.3) is 0 Å². The summed E-state index contributed by atoms with van der Waals surface area (Å²) in [7, 11) is 0. The molecule has 1 N–H and O–H groups in total. The molecule has 0 aromatic carbocycles. The van der Waals surface area contributed by atoms with E-state index < -0.39 is 0 Å². The number of amidine groups is 1. The fourth-order valence-electron chi connectivity index (χ4n) is 2.84. The standard InChI is InChI=1S/C15H18N4O2/c1-3-9-6-19-7-16-15-12(13(19)17-9)11(8(2)21-15)14(20)18-10-4-5-10/h7,9-10H,3-6H2,1-2H3,(H,18,20). The second kappa shape index (κ2) is 4.44. The third-order valence-corrected chi connectivity index (χ3v) is 4.20. The molecule has 1 fully saturated rings. The Kier molecular flexibility index (Phi) is 2.67. The lowest BCUT2D eigenvalue weighted by atomic mass is 10.1. The SMILES string of the molecule is CCC1CN2C=Nc3oc(C)c(C(=O)NC4CC4)c3C2=N1. The van der Waals surface area contributed by atoms with E-state index in [4.69, 9.17) is 9.41 Å². The first kappa shape index (κ1) is 12.6. The summed E-state index contributed by atoms with van der Waals surface area (Å²) in [4.78, 5) is 23.6. The highest BCUT2D eigenvalue weighted by Gasteiger charge is 2.36. The van der Waals surface area contributed by atoms with Crippen molar-refractivity contribution >= 4 is 24.0 Å². The lowest BCUT2D eigenvalue weighted by Gasteiger charge is -2.18. The largest absolute Gasteiger partial charge is 0.442 e. The number of aliphatic imine (C=N–C) groups is 2. The van der Waals surface area contributed by atoms with Gasteiger partial charge in [0.1, 0.15) is 17.9 Å². The van der Waals surface area contributed by atoms with Gasteiger partial charge in [-0.1, -0.05) is 6.92 Å². The van der Waals surface area contributed by atoms with Crippen molar-refractivity contribution in [2.24, 2.45) is 9.98 Å². The average Bonchev–Trinajstić information content (AvgIpc) is 3.05. The minimum absolute atomic E-state index is 0.0697. The van der Waals surface area contributed by atoms with Crippen molar-refractivity contribution in [2.45, 2.75) is 45.2 Å². The molecule has 1 aliphatic carbocycles. The van der Waals surface area contributed by atoms with Gasteiger partial charge < -0.3 is 14.6 Å². The molecule has 6 nitrogen and oxygen atoms in total. The zero-order valence-electron chi connectivity index (χ0n) is 12.2. The van der Waals surface area contributed by atoms with Crippen LogP contribution in [0.4, 0.5) is 5.88 Å². The van der Waals surface area contributed by atoms with Gasteiger partial charge in [0.2, 0.25) is 5.88 Å². The lowest BCUT2D eigenvalue weighted by molar-refractivity contribution is 0.0949. The minimum atomic E-state index is -0.0697. The first-order valence-electron chi connectivity index (χ1n) is 7.50. The number of amides is 1. The molecular weight excluding hydrogens is 268 g/mol. The first-order chi connectivity index (χ1) is 10.2. The molecule has 21 heavy (non-hydrogen) atoms. The molecule has 3 aliphatic rings. The molecule has 1 saturated carbocycles. The molecule has 3 heterocycles. The molecule has 2 aliphatic heterocycles. The van der Waals surface area contributed by atoms with E-state index in [1.807, 2.05) is 11.8 Å². The summed E-state index contributed by atoms with van der Waals surface area (Å²) in [6, 6.07) is 0.575. The molecule has 1 atom stereocenters. The Hall–Kier alpha value is -2.11. The highest BCUT2D eigenvalue weighted by Crippen LogP contribution is 2.35. The summed E-state index contributed by atoms with van der Waals surface area (Å²) in [6.07, 6.45) is 4.86. The number of fused-ring (bicyclic) bond motifs is 3. The third-order valence-electron chi connectivity index (χ3n) is 4.20. The number of carbonyl (C=O) groups excluding carboxylic acids is 1. The van der Waals surface area contributed by atoms with Gasteiger partial charge in [0.15, 0.2) is 0 Å². The predicted octanol–water partition coefficient (Wildman–Crippen LogP) is 1.99. The van der Waals surface area contributed by atoms with Gasteiger partial charge in [0.05, 0.1) is 17.2 Å². The zero-order chi connectivity index (χ0) is 14.6. The highest BCUT2D eigenvalue weighted by molar-refractivity contribution is 6.17. The van der Waals surface area contributed by atoms with Gasteiger partial charge in [-0.3, -0.25) is 9.79 Å². The molecule has 1 aromatic heterocycles. The topological polar surface area (TPSA) is 70.2 Å². The Bertz CT molecular complexity index is 669. The molecule has 0 saturated heterocycles. The van der Waals surface area contributed by atoms with Gasteiger partial charge >= 0.3 is 0 Å². The second-order valence-electron chi connectivity index (χ2n) is 5.87. The quantitative estimate of drug-likeness (QED) is 0.923. The highest BCUT2D eigenvalue weighted by atomic mass is 16.4. The van der Waals surface area contributed by atoms with Crippen molar-refractivity contribution in [3.63, 3.8) is 0 Å². The van der Waals surface area contributed by atoms with E-state index in [2.05, 4.69) is 17.2 Å². The normalized spacial score (nSPS) is 22.9. The Morgan fingerprint density at radius 1 is 1.52 bits per heavy atom. The summed E-state index contributed by atoms with van der Waals surface area (Å²) in [5.41, 5.74) is 1.35. The summed E-state index contributed by atoms with van der Waals surface area (Å²) >= 11 is 0. The smallest absolute Gasteiger partial charge is 0.255 e. The molecule has 6 heteroatoms. The summed E-state index contributed by atoms with van der Waals surface area (Å²) in [6.45, 7) is 4.75. The van der Waals surface area contributed by atoms with Gasteiger partial charge in [-0.05, 0) is 26.2 Å². The maximum atomic E-state index is 12.5. The summed E-state index contributed by atoms with van der Waals surface area (Å²) in [5, 5.41) is 3.03. The van der Waals surface area contributed by atoms with Crippen molar-refractivity contribution in [3.05, 3.63) is 16.9 Å². The Labute approximate surface area is 122 Å². The number of nitrogens with zero attached hydrogens (tertiary/aromatic N) is 3. The van der Waals surface area contributed by atoms with Gasteiger partial charge in [0.25, 0.3) is 5.91 Å². The number of hydrogen-bond acceptors (Lipinski definition) is 5. The fraction of sp³-hybridized carbons (Fsp3) is 0.533. The van der Waals surface area contributed by atoms with E-state index in [0.29, 0.717) is 23.2 Å². The summed E-state index contributed by atoms with van der Waals surface area (Å²) in [5.74, 6) is 1.87. The maximum absolute atomic E-state index is 12.5. The summed E-state index contributed by atoms with van der Waals surface area (Å²) < 4.78 is 5.67. The molecule has 1 unspecified atom stereocenters. The van der Waals surface area contributed by atoms with Crippen LogP contribution >= 0.6 is 0 Å². The molecule has 0 bridgehead atoms. The molecule has 4 rings (SSSR count). The number of carbonyl (C=O) groups is 1. The van der Waals surface area contributed by atoms with Gasteiger partial charge in [-0.25, -0.2) is 4.99 Å². The van der Waals surface area contributed by atoms with Crippen LogP contribution in [0.1, 0.15) is 47.9 Å². The van der Waals surface area contributed by atoms with E-state index in [9.17, 15) is 4.79 Å². The van der Waals surface area contributed by atoms with Crippen LogP contribution in [-0.2, 0) is 0 Å². The third kappa shape index (κ3) is 1.97. The van der Waals surface area contributed by atoms with Crippen molar-refractivity contribution in [3.8, 4) is 0 Å². The van der Waals surface area contributed by atoms with Crippen molar-refractivity contribution in [1.29, 1.82) is 0 Å². The molecule has 1 amide bonds. The van der Waals surface area contributed by atoms with Crippen LogP contribution in [0, 0.1) is 6.92 Å². The number of nitrogens with one attached hydrogen (secondary N) is 1. The van der Waals surface area contributed by atoms with E-state index >= 15 is 0 Å². The van der Waals surface area contributed by atoms with E-state index in [0.717, 1.165) is 37.2 Å². The number of rotatable bonds is 3. The van der Waals surface area contributed by atoms with Crippen LogP contribution in [0.2, 0.25) is 0 Å². The van der Waals surface area contributed by atoms with Gasteiger partial charge in [-0.15, -0.1) is 0 Å². The second-order valence-corrected chi connectivity index (χ2v) is 5.87. The van der Waals surface area contributed by atoms with Crippen LogP contribution in [0.3, 0.4) is 0 Å².